The second-order valence-electron chi connectivity index (χ2n) is 6.55. The Hall–Kier alpha value is -3.43. The van der Waals surface area contributed by atoms with E-state index >= 15 is 0 Å². The lowest BCUT2D eigenvalue weighted by Gasteiger charge is -2.15. The highest BCUT2D eigenvalue weighted by atomic mass is 79.9. The van der Waals surface area contributed by atoms with E-state index in [0.717, 1.165) is 0 Å². The van der Waals surface area contributed by atoms with Gasteiger partial charge in [0.15, 0.2) is 5.82 Å². The van der Waals surface area contributed by atoms with Gasteiger partial charge in [-0.1, -0.05) is 6.07 Å². The third-order valence-electron chi connectivity index (χ3n) is 4.58. The molecule has 0 saturated heterocycles. The second kappa shape index (κ2) is 9.08. The van der Waals surface area contributed by atoms with Crippen molar-refractivity contribution in [3.8, 4) is 34.8 Å². The average Bonchev–Trinajstić information content (AvgIpc) is 3.19. The van der Waals surface area contributed by atoms with Crippen LogP contribution in [0.15, 0.2) is 46.2 Å². The highest BCUT2D eigenvalue weighted by Crippen LogP contribution is 2.40. The molecule has 2 N–H and O–H groups in total. The number of hydrogen-bond acceptors (Lipinski definition) is 9. The molecule has 11 nitrogen and oxygen atoms in total. The highest BCUT2D eigenvalue weighted by Gasteiger charge is 2.27. The number of alkyl halides is 2. The van der Waals surface area contributed by atoms with Crippen molar-refractivity contribution < 1.29 is 31.4 Å². The molecule has 0 unspecified atom stereocenters. The molecule has 34 heavy (non-hydrogen) atoms. The quantitative estimate of drug-likeness (QED) is 0.363. The summed E-state index contributed by atoms with van der Waals surface area (Å²) in [5.41, 5.74) is 0.679. The van der Waals surface area contributed by atoms with Crippen LogP contribution in [0.4, 0.5) is 8.78 Å². The van der Waals surface area contributed by atoms with Crippen LogP contribution in [0, 0.1) is 0 Å². The van der Waals surface area contributed by atoms with Gasteiger partial charge in [-0.15, -0.1) is 0 Å². The molecule has 3 heterocycles. The lowest BCUT2D eigenvalue weighted by Crippen LogP contribution is -2.12. The summed E-state index contributed by atoms with van der Waals surface area (Å²) in [4.78, 5) is 16.5. The van der Waals surface area contributed by atoms with Crippen molar-refractivity contribution in [3.05, 3.63) is 41.3 Å². The smallest absolute Gasteiger partial charge is 0.387 e. The molecule has 0 atom stereocenters. The van der Waals surface area contributed by atoms with Gasteiger partial charge in [-0.25, -0.2) is 23.5 Å². The summed E-state index contributed by atoms with van der Waals surface area (Å²) in [6.07, 6.45) is 4.22. The number of aromatic nitrogens is 5. The van der Waals surface area contributed by atoms with Crippen molar-refractivity contribution in [2.75, 3.05) is 14.2 Å². The SMILES string of the molecule is COc1nc(-n2cc(S(N)(=O)=O)c3ccc(Br)c(-c4ncccn4)c32)nc(OC)c1OC(F)F. The normalized spacial score (nSPS) is 11.7. The molecule has 15 heteroatoms. The number of rotatable bonds is 7. The summed E-state index contributed by atoms with van der Waals surface area (Å²) < 4.78 is 67.0. The Morgan fingerprint density at radius 3 is 2.24 bits per heavy atom. The first kappa shape index (κ1) is 23.7. The van der Waals surface area contributed by atoms with Gasteiger partial charge in [0, 0.05) is 28.4 Å². The predicted octanol–water partition coefficient (Wildman–Crippen LogP) is 2.91. The van der Waals surface area contributed by atoms with Crippen molar-refractivity contribution in [1.82, 2.24) is 24.5 Å². The molecule has 0 saturated carbocycles. The summed E-state index contributed by atoms with van der Waals surface area (Å²) in [5.74, 6) is -1.18. The molecule has 178 valence electrons. The van der Waals surface area contributed by atoms with Gasteiger partial charge in [0.25, 0.3) is 11.8 Å². The van der Waals surface area contributed by atoms with E-state index in [4.69, 9.17) is 14.6 Å². The van der Waals surface area contributed by atoms with E-state index in [1.165, 1.54) is 43.4 Å². The summed E-state index contributed by atoms with van der Waals surface area (Å²) in [6.45, 7) is -3.20. The van der Waals surface area contributed by atoms with Crippen LogP contribution in [0.5, 0.6) is 17.5 Å². The predicted molar refractivity (Wildman–Crippen MR) is 119 cm³/mol. The van der Waals surface area contributed by atoms with Crippen molar-refractivity contribution in [2.24, 2.45) is 5.14 Å². The maximum absolute atomic E-state index is 12.9. The number of primary sulfonamides is 1. The molecule has 0 bridgehead atoms. The van der Waals surface area contributed by atoms with Gasteiger partial charge < -0.3 is 14.2 Å². The van der Waals surface area contributed by atoms with E-state index in [1.54, 1.807) is 12.1 Å². The van der Waals surface area contributed by atoms with Gasteiger partial charge in [0.2, 0.25) is 21.7 Å². The number of fused-ring (bicyclic) bond motifs is 1. The number of hydrogen-bond donors (Lipinski definition) is 1. The van der Waals surface area contributed by atoms with E-state index in [-0.39, 0.29) is 39.3 Å². The van der Waals surface area contributed by atoms with Crippen molar-refractivity contribution in [1.29, 1.82) is 0 Å². The molecule has 4 rings (SSSR count). The van der Waals surface area contributed by atoms with Gasteiger partial charge in [-0.2, -0.15) is 18.7 Å². The average molecular weight is 557 g/mol. The number of ether oxygens (including phenoxy) is 3. The second-order valence-corrected chi connectivity index (χ2v) is 8.93. The Kier molecular flexibility index (Phi) is 6.33. The van der Waals surface area contributed by atoms with Gasteiger partial charge >= 0.3 is 6.61 Å². The van der Waals surface area contributed by atoms with Gasteiger partial charge in [0.1, 0.15) is 4.90 Å². The van der Waals surface area contributed by atoms with Crippen LogP contribution in [0.3, 0.4) is 0 Å². The molecule has 0 fully saturated rings. The van der Waals surface area contributed by atoms with E-state index < -0.39 is 22.4 Å². The molecule has 0 amide bonds. The first-order chi connectivity index (χ1) is 16.2. The lowest BCUT2D eigenvalue weighted by atomic mass is 10.1. The van der Waals surface area contributed by atoms with Crippen molar-refractivity contribution >= 4 is 36.9 Å². The summed E-state index contributed by atoms with van der Waals surface area (Å²) in [5, 5.41) is 5.68. The van der Waals surface area contributed by atoms with Crippen molar-refractivity contribution in [2.45, 2.75) is 11.5 Å². The maximum atomic E-state index is 12.9. The maximum Gasteiger partial charge on any atom is 0.387 e. The Morgan fingerprint density at radius 1 is 1.09 bits per heavy atom. The molecular weight excluding hydrogens is 542 g/mol. The zero-order valence-electron chi connectivity index (χ0n) is 17.4. The van der Waals surface area contributed by atoms with E-state index in [9.17, 15) is 17.2 Å². The zero-order chi connectivity index (χ0) is 24.6. The van der Waals surface area contributed by atoms with Gasteiger partial charge in [-0.3, -0.25) is 4.57 Å². The molecule has 4 aromatic rings. The largest absolute Gasteiger partial charge is 0.478 e. The van der Waals surface area contributed by atoms with Crippen LogP contribution in [-0.2, 0) is 10.0 Å². The first-order valence-corrected chi connectivity index (χ1v) is 11.6. The molecule has 0 spiro atoms. The van der Waals surface area contributed by atoms with Crippen LogP contribution in [0.2, 0.25) is 0 Å². The van der Waals surface area contributed by atoms with Crippen molar-refractivity contribution in [3.63, 3.8) is 0 Å². The number of halogens is 3. The third kappa shape index (κ3) is 4.24. The van der Waals surface area contributed by atoms with E-state index in [0.29, 0.717) is 10.0 Å². The number of nitrogens with two attached hydrogens (primary N) is 1. The summed E-state index contributed by atoms with van der Waals surface area (Å²) in [6, 6.07) is 4.77. The monoisotopic (exact) mass is 556 g/mol. The topological polar surface area (TPSA) is 144 Å². The Morgan fingerprint density at radius 2 is 1.71 bits per heavy atom. The van der Waals surface area contributed by atoms with E-state index in [2.05, 4.69) is 40.6 Å². The van der Waals surface area contributed by atoms with Gasteiger partial charge in [-0.05, 0) is 28.1 Å². The highest BCUT2D eigenvalue weighted by molar-refractivity contribution is 9.10. The first-order valence-electron chi connectivity index (χ1n) is 9.24. The summed E-state index contributed by atoms with van der Waals surface area (Å²) in [7, 11) is -1.83. The minimum Gasteiger partial charge on any atom is -0.478 e. The summed E-state index contributed by atoms with van der Waals surface area (Å²) >= 11 is 3.45. The molecule has 0 radical (unpaired) electrons. The van der Waals surface area contributed by atoms with E-state index in [1.807, 2.05) is 0 Å². The molecular formula is C19H15BrF2N6O5S. The Balaban J connectivity index is 2.12. The molecule has 0 aliphatic carbocycles. The van der Waals surface area contributed by atoms with Crippen LogP contribution < -0.4 is 19.3 Å². The van der Waals surface area contributed by atoms with Gasteiger partial charge in [0.05, 0.1) is 25.3 Å². The standard InChI is InChI=1S/C19H15BrF2N6O5S/c1-31-16-14(33-18(21)22)17(32-2)27-19(26-16)28-8-11(34(23,29)30)9-4-5-10(20)12(13(9)28)15-24-6-3-7-25-15/h3-8,18H,1-2H3,(H2,23,29,30). The third-order valence-corrected chi connectivity index (χ3v) is 6.18. The van der Waals surface area contributed by atoms with Crippen LogP contribution in [0.1, 0.15) is 0 Å². The van der Waals surface area contributed by atoms with Crippen LogP contribution in [0.25, 0.3) is 28.2 Å². The number of benzene rings is 1. The molecule has 1 aromatic carbocycles. The van der Waals surface area contributed by atoms with Crippen LogP contribution in [-0.4, -0.2) is 53.8 Å². The number of methoxy groups -OCH3 is 2. The molecule has 0 aliphatic heterocycles. The fourth-order valence-electron chi connectivity index (χ4n) is 3.27. The lowest BCUT2D eigenvalue weighted by molar-refractivity contribution is -0.0534. The molecule has 0 aliphatic rings. The fraction of sp³-hybridized carbons (Fsp3) is 0.158. The zero-order valence-corrected chi connectivity index (χ0v) is 19.8. The minimum absolute atomic E-state index is 0.175. The number of sulfonamides is 1. The Labute approximate surface area is 199 Å². The minimum atomic E-state index is -4.20. The number of nitrogens with zero attached hydrogens (tertiary/aromatic N) is 5. The fourth-order valence-corrected chi connectivity index (χ4v) is 4.49. The Bertz CT molecular complexity index is 1460. The molecule has 3 aromatic heterocycles. The van der Waals surface area contributed by atoms with Crippen LogP contribution >= 0.6 is 15.9 Å².